The fourth-order valence-corrected chi connectivity index (χ4v) is 5.53. The molecule has 2 heterocycles. The number of nitriles is 1. The minimum absolute atomic E-state index is 0.214. The Balaban J connectivity index is 1.27. The van der Waals surface area contributed by atoms with Crippen LogP contribution in [0.1, 0.15) is 47.3 Å². The Morgan fingerprint density at radius 3 is 2.55 bits per heavy atom. The minimum atomic E-state index is -0.336. The molecule has 0 bridgehead atoms. The van der Waals surface area contributed by atoms with Gasteiger partial charge in [0.2, 0.25) is 11.7 Å². The summed E-state index contributed by atoms with van der Waals surface area (Å²) in [5.41, 5.74) is 4.11. The summed E-state index contributed by atoms with van der Waals surface area (Å²) in [7, 11) is 3.39. The van der Waals surface area contributed by atoms with Crippen LogP contribution in [0.25, 0.3) is 16.6 Å². The van der Waals surface area contributed by atoms with Gasteiger partial charge in [0.05, 0.1) is 35.7 Å². The van der Waals surface area contributed by atoms with E-state index in [0.29, 0.717) is 35.6 Å². The van der Waals surface area contributed by atoms with Crippen LogP contribution in [0.5, 0.6) is 5.75 Å². The molecule has 214 valence electrons. The van der Waals surface area contributed by atoms with Crippen LogP contribution in [0.15, 0.2) is 85.1 Å². The van der Waals surface area contributed by atoms with Crippen LogP contribution in [-0.4, -0.2) is 49.0 Å². The summed E-state index contributed by atoms with van der Waals surface area (Å²) >= 11 is 0. The Kier molecular flexibility index (Phi) is 9.12. The smallest absolute Gasteiger partial charge is 0.248 e. The van der Waals surface area contributed by atoms with E-state index in [-0.39, 0.29) is 17.3 Å². The van der Waals surface area contributed by atoms with Crippen LogP contribution in [0, 0.1) is 11.3 Å². The first-order chi connectivity index (χ1) is 20.5. The van der Waals surface area contributed by atoms with E-state index >= 15 is 0 Å². The van der Waals surface area contributed by atoms with Gasteiger partial charge >= 0.3 is 0 Å². The van der Waals surface area contributed by atoms with E-state index in [1.54, 1.807) is 38.5 Å². The molecule has 4 aromatic rings. The molecule has 2 aromatic heterocycles. The number of hydrogen-bond acceptors (Lipinski definition) is 6. The van der Waals surface area contributed by atoms with Crippen molar-refractivity contribution in [3.05, 3.63) is 102 Å². The topological polar surface area (TPSA) is 105 Å². The zero-order valence-corrected chi connectivity index (χ0v) is 23.8. The van der Waals surface area contributed by atoms with E-state index in [1.807, 2.05) is 53.1 Å². The summed E-state index contributed by atoms with van der Waals surface area (Å²) in [5.74, 6) is 0.177. The number of hydrogen-bond donors (Lipinski definition) is 2. The lowest BCUT2D eigenvalue weighted by Gasteiger charge is -2.27. The van der Waals surface area contributed by atoms with Gasteiger partial charge < -0.3 is 24.5 Å². The summed E-state index contributed by atoms with van der Waals surface area (Å²) < 4.78 is 12.8. The molecule has 42 heavy (non-hydrogen) atoms. The summed E-state index contributed by atoms with van der Waals surface area (Å²) in [6.07, 6.45) is 9.61. The van der Waals surface area contributed by atoms with Crippen LogP contribution in [0.3, 0.4) is 0 Å². The van der Waals surface area contributed by atoms with Crippen molar-refractivity contribution >= 4 is 22.9 Å². The molecule has 0 atom stereocenters. The third-order valence-corrected chi connectivity index (χ3v) is 7.78. The molecule has 1 aliphatic rings. The van der Waals surface area contributed by atoms with Crippen LogP contribution in [0.2, 0.25) is 0 Å². The number of benzene rings is 2. The van der Waals surface area contributed by atoms with Crippen molar-refractivity contribution in [2.24, 2.45) is 0 Å². The van der Waals surface area contributed by atoms with Crippen molar-refractivity contribution < 1.29 is 19.1 Å². The number of carbonyl (C=O) groups excluding carboxylic acids is 2. The van der Waals surface area contributed by atoms with Gasteiger partial charge in [0.15, 0.2) is 0 Å². The molecule has 0 saturated heterocycles. The number of ketones is 1. The molecule has 0 unspecified atom stereocenters. The highest BCUT2D eigenvalue weighted by molar-refractivity contribution is 6.10. The van der Waals surface area contributed by atoms with E-state index < -0.39 is 0 Å². The van der Waals surface area contributed by atoms with E-state index in [9.17, 15) is 14.9 Å². The van der Waals surface area contributed by atoms with Crippen LogP contribution in [0.4, 0.5) is 5.69 Å². The van der Waals surface area contributed by atoms with Gasteiger partial charge in [-0.15, -0.1) is 0 Å². The Bertz CT molecular complexity index is 1660. The van der Waals surface area contributed by atoms with Crippen molar-refractivity contribution in [2.45, 2.75) is 37.8 Å². The molecule has 8 nitrogen and oxygen atoms in total. The number of methoxy groups -OCH3 is 2. The molecule has 2 aromatic carbocycles. The number of para-hydroxylation sites is 1. The second-order valence-electron chi connectivity index (χ2n) is 10.3. The second-order valence-corrected chi connectivity index (χ2v) is 10.3. The molecule has 1 fully saturated rings. The predicted molar refractivity (Wildman–Crippen MR) is 163 cm³/mol. The lowest BCUT2D eigenvalue weighted by atomic mass is 9.93. The van der Waals surface area contributed by atoms with Crippen LogP contribution < -0.4 is 15.4 Å². The Morgan fingerprint density at radius 1 is 1.00 bits per heavy atom. The van der Waals surface area contributed by atoms with Gasteiger partial charge in [-0.3, -0.25) is 9.59 Å². The van der Waals surface area contributed by atoms with E-state index in [4.69, 9.17) is 9.47 Å². The summed E-state index contributed by atoms with van der Waals surface area (Å²) in [4.78, 5) is 26.1. The lowest BCUT2D eigenvalue weighted by Crippen LogP contribution is -2.35. The number of pyridine rings is 1. The van der Waals surface area contributed by atoms with Gasteiger partial charge in [0.1, 0.15) is 11.8 Å². The molecule has 5 rings (SSSR count). The number of fused-ring (bicyclic) bond motifs is 1. The minimum Gasteiger partial charge on any atom is -0.496 e. The number of carbonyl (C=O) groups is 2. The largest absolute Gasteiger partial charge is 0.496 e. The maximum atomic E-state index is 13.6. The van der Waals surface area contributed by atoms with Gasteiger partial charge in [0.25, 0.3) is 0 Å². The average Bonchev–Trinajstić information content (AvgIpc) is 3.47. The highest BCUT2D eigenvalue weighted by Gasteiger charge is 2.20. The zero-order valence-electron chi connectivity index (χ0n) is 23.8. The maximum Gasteiger partial charge on any atom is 0.248 e. The molecule has 0 spiro atoms. The highest BCUT2D eigenvalue weighted by Crippen LogP contribution is 2.33. The highest BCUT2D eigenvalue weighted by atomic mass is 16.5. The van der Waals surface area contributed by atoms with Crippen molar-refractivity contribution in [1.82, 2.24) is 9.72 Å². The first-order valence-corrected chi connectivity index (χ1v) is 14.1. The van der Waals surface area contributed by atoms with Gasteiger partial charge in [-0.2, -0.15) is 5.26 Å². The third kappa shape index (κ3) is 6.28. The lowest BCUT2D eigenvalue weighted by molar-refractivity contribution is -0.111. The van der Waals surface area contributed by atoms with Crippen LogP contribution >= 0.6 is 0 Å². The SMILES string of the molecule is COc1ccccc1-c1cccn2c(C(=O)c3ccc(NC(=O)/C=C/CN[C@H]4CC[C@H](OC)CC4)c(C#N)c3)ccc12. The monoisotopic (exact) mass is 562 g/mol. The molecular formula is C34H34N4O4. The van der Waals surface area contributed by atoms with Gasteiger partial charge in [-0.1, -0.05) is 30.3 Å². The first-order valence-electron chi connectivity index (χ1n) is 14.1. The van der Waals surface area contributed by atoms with E-state index in [0.717, 1.165) is 48.1 Å². The Labute approximate surface area is 245 Å². The number of anilines is 1. The van der Waals surface area contributed by atoms with E-state index in [2.05, 4.69) is 16.7 Å². The number of ether oxygens (including phenoxy) is 2. The summed E-state index contributed by atoms with van der Waals surface area (Å²) in [6, 6.07) is 22.6. The molecule has 1 aliphatic carbocycles. The number of rotatable bonds is 10. The van der Waals surface area contributed by atoms with Gasteiger partial charge in [0, 0.05) is 48.7 Å². The molecule has 2 N–H and O–H groups in total. The molecule has 0 radical (unpaired) electrons. The standard InChI is InChI=1S/C34H34N4O4/c1-41-26-14-12-25(13-15-26)36-19-5-10-33(39)37-29-16-11-23(21-24(29)22-35)34(40)31-18-17-30-27(8-6-20-38(30)31)28-7-3-4-9-32(28)42-2/h3-11,16-18,20-21,25-26,36H,12-15,19H2,1-2H3,(H,37,39)/b10-5+/t25-,26-. The molecule has 8 heteroatoms. The number of nitrogens with zero attached hydrogens (tertiary/aromatic N) is 2. The van der Waals surface area contributed by atoms with Crippen molar-refractivity contribution in [3.8, 4) is 22.9 Å². The Morgan fingerprint density at radius 2 is 1.79 bits per heavy atom. The zero-order chi connectivity index (χ0) is 29.5. The summed E-state index contributed by atoms with van der Waals surface area (Å²) in [5, 5.41) is 16.0. The number of aromatic nitrogens is 1. The van der Waals surface area contributed by atoms with E-state index in [1.165, 1.54) is 12.1 Å². The predicted octanol–water partition coefficient (Wildman–Crippen LogP) is 5.76. The molecular weight excluding hydrogens is 528 g/mol. The van der Waals surface area contributed by atoms with Gasteiger partial charge in [-0.25, -0.2) is 0 Å². The average molecular weight is 563 g/mol. The van der Waals surface area contributed by atoms with Crippen molar-refractivity contribution in [2.75, 3.05) is 26.1 Å². The third-order valence-electron chi connectivity index (χ3n) is 7.78. The van der Waals surface area contributed by atoms with Crippen molar-refractivity contribution in [1.29, 1.82) is 5.26 Å². The normalized spacial score (nSPS) is 16.8. The number of amides is 1. The van der Waals surface area contributed by atoms with Crippen molar-refractivity contribution in [3.63, 3.8) is 0 Å². The molecule has 1 saturated carbocycles. The number of nitrogens with one attached hydrogen (secondary N) is 2. The fraction of sp³-hybridized carbons (Fsp3) is 0.265. The maximum absolute atomic E-state index is 13.6. The summed E-state index contributed by atoms with van der Waals surface area (Å²) in [6.45, 7) is 0.582. The first kappa shape index (κ1) is 28.8. The van der Waals surface area contributed by atoms with Crippen LogP contribution in [-0.2, 0) is 9.53 Å². The molecule has 1 amide bonds. The second kappa shape index (κ2) is 13.3. The van der Waals surface area contributed by atoms with Gasteiger partial charge in [-0.05, 0) is 68.1 Å². The Hall–Kier alpha value is -4.71. The fourth-order valence-electron chi connectivity index (χ4n) is 5.53. The molecule has 0 aliphatic heterocycles. The quantitative estimate of drug-likeness (QED) is 0.188.